The highest BCUT2D eigenvalue weighted by molar-refractivity contribution is 5.92. The molecule has 2 bridgehead atoms. The molecule has 174 valence electrons. The first-order chi connectivity index (χ1) is 15.7. The lowest BCUT2D eigenvalue weighted by molar-refractivity contribution is -0.167. The zero-order valence-corrected chi connectivity index (χ0v) is 18.6. The lowest BCUT2D eigenvalue weighted by Crippen LogP contribution is -2.43. The zero-order chi connectivity index (χ0) is 22.1. The third kappa shape index (κ3) is 4.20. The number of rotatable bonds is 8. The molecule has 5 rings (SSSR count). The Kier molecular flexibility index (Phi) is 6.28. The predicted molar refractivity (Wildman–Crippen MR) is 117 cm³/mol. The first-order valence-electron chi connectivity index (χ1n) is 12.0. The second-order valence-corrected chi connectivity index (χ2v) is 9.40. The Morgan fingerprint density at radius 2 is 2.09 bits per heavy atom. The lowest BCUT2D eigenvalue weighted by Gasteiger charge is -2.37. The molecule has 2 heterocycles. The third-order valence-corrected chi connectivity index (χ3v) is 7.47. The third-order valence-electron chi connectivity index (χ3n) is 7.47. The van der Waals surface area contributed by atoms with Gasteiger partial charge in [-0.15, -0.1) is 0 Å². The molecule has 6 atom stereocenters. The molecule has 0 spiro atoms. The fourth-order valence-corrected chi connectivity index (χ4v) is 5.93. The van der Waals surface area contributed by atoms with Crippen LogP contribution in [0.3, 0.4) is 0 Å². The van der Waals surface area contributed by atoms with Crippen molar-refractivity contribution < 1.29 is 28.8 Å². The van der Waals surface area contributed by atoms with Gasteiger partial charge in [0.05, 0.1) is 0 Å². The second-order valence-electron chi connectivity index (χ2n) is 9.40. The van der Waals surface area contributed by atoms with Crippen LogP contribution in [0.4, 0.5) is 0 Å². The summed E-state index contributed by atoms with van der Waals surface area (Å²) in [6.45, 7) is 2.73. The fourth-order valence-electron chi connectivity index (χ4n) is 5.93. The van der Waals surface area contributed by atoms with Crippen LogP contribution >= 0.6 is 0 Å². The molecule has 1 aromatic carbocycles. The van der Waals surface area contributed by atoms with Crippen molar-refractivity contribution >= 4 is 5.91 Å². The summed E-state index contributed by atoms with van der Waals surface area (Å²) < 4.78 is 23.1. The Morgan fingerprint density at radius 3 is 2.84 bits per heavy atom. The average Bonchev–Trinajstić information content (AvgIpc) is 3.54. The number of hydrogen-bond acceptors (Lipinski definition) is 6. The molecule has 2 saturated carbocycles. The number of benzene rings is 1. The van der Waals surface area contributed by atoms with E-state index in [0.717, 1.165) is 30.1 Å². The number of hydrogen-bond donors (Lipinski definition) is 2. The number of aliphatic hydroxyl groups is 1. The van der Waals surface area contributed by atoms with Crippen LogP contribution in [0, 0.1) is 17.8 Å². The molecule has 0 radical (unpaired) electrons. The summed E-state index contributed by atoms with van der Waals surface area (Å²) >= 11 is 0. The van der Waals surface area contributed by atoms with E-state index in [4.69, 9.17) is 18.9 Å². The highest BCUT2D eigenvalue weighted by atomic mass is 16.7. The predicted octanol–water partition coefficient (Wildman–Crippen LogP) is 3.47. The van der Waals surface area contributed by atoms with Gasteiger partial charge in [0.2, 0.25) is 13.1 Å². The van der Waals surface area contributed by atoms with Crippen LogP contribution in [-0.2, 0) is 14.3 Å². The summed E-state index contributed by atoms with van der Waals surface area (Å²) in [6, 6.07) is 6.15. The smallest absolute Gasteiger partial charge is 0.286 e. The summed E-state index contributed by atoms with van der Waals surface area (Å²) in [5.41, 5.74) is 1.02. The molecule has 0 saturated heterocycles. The van der Waals surface area contributed by atoms with Crippen LogP contribution < -0.4 is 14.8 Å². The van der Waals surface area contributed by atoms with E-state index in [1.807, 2.05) is 31.2 Å². The molecule has 1 aromatic rings. The van der Waals surface area contributed by atoms with E-state index in [-0.39, 0.29) is 37.2 Å². The minimum absolute atomic E-state index is 0.0264. The first kappa shape index (κ1) is 21.6. The van der Waals surface area contributed by atoms with Gasteiger partial charge in [0.15, 0.2) is 17.3 Å². The van der Waals surface area contributed by atoms with Gasteiger partial charge in [-0.1, -0.05) is 12.5 Å². The standard InChI is InChI=1S/C25H33NO6/c1-2-29-25-18(4-3-9-27)19(16-7-8-21-22(12-16)31-14-30-21)13-23(32-25)24(28)26-20-11-15-5-6-17(20)10-15/h7-8,12-13,15,17-20,25,27H,2-6,9-11,14H2,1H3,(H,26,28). The average molecular weight is 444 g/mol. The van der Waals surface area contributed by atoms with Crippen LogP contribution in [0.5, 0.6) is 11.5 Å². The van der Waals surface area contributed by atoms with Crippen molar-refractivity contribution in [1.29, 1.82) is 0 Å². The molecule has 4 aliphatic rings. The van der Waals surface area contributed by atoms with E-state index < -0.39 is 6.29 Å². The van der Waals surface area contributed by atoms with E-state index >= 15 is 0 Å². The van der Waals surface area contributed by atoms with Crippen molar-refractivity contribution in [2.24, 2.45) is 17.8 Å². The molecule has 2 N–H and O–H groups in total. The lowest BCUT2D eigenvalue weighted by atomic mass is 9.80. The van der Waals surface area contributed by atoms with Gasteiger partial charge in [-0.05, 0) is 74.6 Å². The molecule has 7 heteroatoms. The molecule has 1 amide bonds. The van der Waals surface area contributed by atoms with E-state index in [1.165, 1.54) is 19.3 Å². The van der Waals surface area contributed by atoms with Crippen molar-refractivity contribution in [3.05, 3.63) is 35.6 Å². The molecule has 2 fully saturated rings. The van der Waals surface area contributed by atoms with Crippen LogP contribution in [0.25, 0.3) is 0 Å². The van der Waals surface area contributed by atoms with E-state index in [1.54, 1.807) is 0 Å². The quantitative estimate of drug-likeness (QED) is 0.640. The molecule has 7 nitrogen and oxygen atoms in total. The van der Waals surface area contributed by atoms with Crippen molar-refractivity contribution in [2.45, 2.75) is 63.7 Å². The van der Waals surface area contributed by atoms with Crippen molar-refractivity contribution in [3.63, 3.8) is 0 Å². The topological polar surface area (TPSA) is 86.3 Å². The number of amides is 1. The summed E-state index contributed by atoms with van der Waals surface area (Å²) in [6.07, 6.45) is 7.54. The number of carbonyl (C=O) groups is 1. The van der Waals surface area contributed by atoms with Crippen LogP contribution in [0.2, 0.25) is 0 Å². The van der Waals surface area contributed by atoms with Crippen molar-refractivity contribution in [3.8, 4) is 11.5 Å². The van der Waals surface area contributed by atoms with Crippen LogP contribution in [0.1, 0.15) is 56.9 Å². The molecular formula is C25H33NO6. The Hall–Kier alpha value is -2.25. The number of allylic oxidation sites excluding steroid dienone is 1. The maximum atomic E-state index is 13.2. The Bertz CT molecular complexity index is 870. The Labute approximate surface area is 189 Å². The molecule has 2 aliphatic heterocycles. The summed E-state index contributed by atoms with van der Waals surface area (Å²) in [7, 11) is 0. The second kappa shape index (κ2) is 9.32. The fraction of sp³-hybridized carbons (Fsp3) is 0.640. The zero-order valence-electron chi connectivity index (χ0n) is 18.6. The van der Waals surface area contributed by atoms with Crippen LogP contribution in [-0.4, -0.2) is 43.4 Å². The number of aliphatic hydroxyl groups excluding tert-OH is 1. The van der Waals surface area contributed by atoms with Gasteiger partial charge < -0.3 is 29.4 Å². The van der Waals surface area contributed by atoms with Crippen molar-refractivity contribution in [1.82, 2.24) is 5.32 Å². The highest BCUT2D eigenvalue weighted by Crippen LogP contribution is 2.45. The monoisotopic (exact) mass is 443 g/mol. The van der Waals surface area contributed by atoms with Crippen LogP contribution in [0.15, 0.2) is 30.0 Å². The maximum Gasteiger partial charge on any atom is 0.286 e. The SMILES string of the molecule is CCOC1OC(C(=O)NC2CC3CCC2C3)=CC(c2ccc3c(c2)OCO3)C1CCCO. The first-order valence-corrected chi connectivity index (χ1v) is 12.0. The van der Waals surface area contributed by atoms with Gasteiger partial charge in [-0.2, -0.15) is 0 Å². The van der Waals surface area contributed by atoms with E-state index in [0.29, 0.717) is 30.5 Å². The van der Waals surface area contributed by atoms with Gasteiger partial charge in [0, 0.05) is 31.1 Å². The molecule has 0 aromatic heterocycles. The largest absolute Gasteiger partial charge is 0.459 e. The normalized spacial score (nSPS) is 32.5. The maximum absolute atomic E-state index is 13.2. The van der Waals surface area contributed by atoms with Gasteiger partial charge >= 0.3 is 0 Å². The molecule has 2 aliphatic carbocycles. The number of fused-ring (bicyclic) bond motifs is 3. The van der Waals surface area contributed by atoms with Crippen molar-refractivity contribution in [2.75, 3.05) is 20.0 Å². The van der Waals surface area contributed by atoms with E-state index in [2.05, 4.69) is 5.32 Å². The van der Waals surface area contributed by atoms with E-state index in [9.17, 15) is 9.90 Å². The van der Waals surface area contributed by atoms with Gasteiger partial charge in [0.1, 0.15) is 0 Å². The van der Waals surface area contributed by atoms with Gasteiger partial charge in [-0.25, -0.2) is 0 Å². The molecule has 6 unspecified atom stereocenters. The Balaban J connectivity index is 1.42. The highest BCUT2D eigenvalue weighted by Gasteiger charge is 2.42. The summed E-state index contributed by atoms with van der Waals surface area (Å²) in [4.78, 5) is 13.2. The number of carbonyl (C=O) groups excluding carboxylic acids is 1. The van der Waals surface area contributed by atoms with Gasteiger partial charge in [-0.3, -0.25) is 4.79 Å². The molecular weight excluding hydrogens is 410 g/mol. The minimum Gasteiger partial charge on any atom is -0.459 e. The number of ether oxygens (including phenoxy) is 4. The summed E-state index contributed by atoms with van der Waals surface area (Å²) in [5, 5.41) is 12.7. The Morgan fingerprint density at radius 1 is 1.22 bits per heavy atom. The minimum atomic E-state index is -0.548. The molecule has 32 heavy (non-hydrogen) atoms. The van der Waals surface area contributed by atoms with Gasteiger partial charge in [0.25, 0.3) is 5.91 Å². The number of nitrogens with one attached hydrogen (secondary N) is 1. The summed E-state index contributed by atoms with van der Waals surface area (Å²) in [5.74, 6) is 2.85.